The number of hydrogen-bond acceptors (Lipinski definition) is 3. The van der Waals surface area contributed by atoms with Gasteiger partial charge in [0.2, 0.25) is 0 Å². The molecule has 0 bridgehead atoms. The molecule has 2 heterocycles. The molecule has 3 amide bonds. The second-order valence-corrected chi connectivity index (χ2v) is 7.52. The molecule has 3 rings (SSSR count). The normalized spacial score (nSPS) is 20.8. The fourth-order valence-corrected chi connectivity index (χ4v) is 3.74. The predicted molar refractivity (Wildman–Crippen MR) is 102 cm³/mol. The predicted octanol–water partition coefficient (Wildman–Crippen LogP) is 2.16. The summed E-state index contributed by atoms with van der Waals surface area (Å²) in [4.78, 5) is 30.8. The van der Waals surface area contributed by atoms with Crippen LogP contribution in [0.25, 0.3) is 0 Å². The first-order valence-corrected chi connectivity index (χ1v) is 9.62. The first-order valence-electron chi connectivity index (χ1n) is 9.62. The number of carbonyl (C=O) groups excluding carboxylic acids is 2. The molecule has 26 heavy (non-hydrogen) atoms. The van der Waals surface area contributed by atoms with Gasteiger partial charge in [-0.2, -0.15) is 0 Å². The van der Waals surface area contributed by atoms with Crippen molar-refractivity contribution < 1.29 is 9.59 Å². The molecule has 2 aliphatic heterocycles. The smallest absolute Gasteiger partial charge is 0.317 e. The van der Waals surface area contributed by atoms with Gasteiger partial charge in [0.1, 0.15) is 0 Å². The number of hydrogen-bond donors (Lipinski definition) is 1. The van der Waals surface area contributed by atoms with Crippen LogP contribution in [0, 0.1) is 0 Å². The van der Waals surface area contributed by atoms with E-state index in [0.29, 0.717) is 6.54 Å². The van der Waals surface area contributed by atoms with Gasteiger partial charge >= 0.3 is 6.03 Å². The molecule has 1 N–H and O–H groups in total. The van der Waals surface area contributed by atoms with Gasteiger partial charge < -0.3 is 20.0 Å². The summed E-state index contributed by atoms with van der Waals surface area (Å²) in [5.74, 6) is 0.116. The van der Waals surface area contributed by atoms with Crippen LogP contribution in [-0.4, -0.2) is 73.0 Å². The molecule has 1 aromatic rings. The van der Waals surface area contributed by atoms with Crippen molar-refractivity contribution in [3.05, 3.63) is 35.4 Å². The van der Waals surface area contributed by atoms with E-state index in [1.165, 1.54) is 6.42 Å². The van der Waals surface area contributed by atoms with Crippen LogP contribution in [0.4, 0.5) is 4.79 Å². The fraction of sp³-hybridized carbons (Fsp3) is 0.600. The maximum Gasteiger partial charge on any atom is 0.317 e. The van der Waals surface area contributed by atoms with Gasteiger partial charge in [-0.25, -0.2) is 4.79 Å². The monoisotopic (exact) mass is 358 g/mol. The number of piperidine rings is 1. The molecule has 0 aromatic heterocycles. The molecule has 6 heteroatoms. The third-order valence-corrected chi connectivity index (χ3v) is 5.52. The summed E-state index contributed by atoms with van der Waals surface area (Å²) >= 11 is 0. The summed E-state index contributed by atoms with van der Waals surface area (Å²) in [7, 11) is 3.94. The van der Waals surface area contributed by atoms with Crippen molar-refractivity contribution in [2.45, 2.75) is 38.3 Å². The number of likely N-dealkylation sites (N-methyl/N-ethyl adjacent to an activating group) is 2. The van der Waals surface area contributed by atoms with Crippen molar-refractivity contribution in [3.63, 3.8) is 0 Å². The first kappa shape index (κ1) is 18.7. The minimum atomic E-state index is -0.0428. The number of carbonyl (C=O) groups is 2. The minimum Gasteiger partial charge on any atom is -0.339 e. The quantitative estimate of drug-likeness (QED) is 0.897. The molecule has 1 aromatic carbocycles. The van der Waals surface area contributed by atoms with E-state index in [-0.39, 0.29) is 18.0 Å². The summed E-state index contributed by atoms with van der Waals surface area (Å²) in [5.41, 5.74) is 1.73. The van der Waals surface area contributed by atoms with E-state index in [9.17, 15) is 9.59 Å². The van der Waals surface area contributed by atoms with Crippen molar-refractivity contribution in [1.29, 1.82) is 0 Å². The lowest BCUT2D eigenvalue weighted by Gasteiger charge is -2.26. The van der Waals surface area contributed by atoms with Crippen LogP contribution >= 0.6 is 0 Å². The zero-order chi connectivity index (χ0) is 18.5. The highest BCUT2D eigenvalue weighted by Gasteiger charge is 2.26. The number of likely N-dealkylation sites (tertiary alicyclic amines) is 2. The standard InChI is InChI=1S/C20H30N4O2/c1-22-13-10-18(15-22)23(2)20(26)21-14-16-6-8-17(9-7-16)19(25)24-11-4-3-5-12-24/h6-9,18H,3-5,10-15H2,1-2H3,(H,21,26). The van der Waals surface area contributed by atoms with E-state index in [2.05, 4.69) is 17.3 Å². The first-order chi connectivity index (χ1) is 12.5. The van der Waals surface area contributed by atoms with Crippen LogP contribution in [0.3, 0.4) is 0 Å². The average molecular weight is 358 g/mol. The van der Waals surface area contributed by atoms with E-state index >= 15 is 0 Å². The highest BCUT2D eigenvalue weighted by atomic mass is 16.2. The Bertz CT molecular complexity index is 625. The van der Waals surface area contributed by atoms with Crippen LogP contribution in [0.15, 0.2) is 24.3 Å². The number of benzene rings is 1. The van der Waals surface area contributed by atoms with E-state index in [1.807, 2.05) is 36.2 Å². The minimum absolute atomic E-state index is 0.0428. The topological polar surface area (TPSA) is 55.9 Å². The molecule has 0 aliphatic carbocycles. The molecule has 1 unspecified atom stereocenters. The van der Waals surface area contributed by atoms with E-state index in [0.717, 1.165) is 56.6 Å². The summed E-state index contributed by atoms with van der Waals surface area (Å²) in [5, 5.41) is 2.98. The maximum atomic E-state index is 12.5. The van der Waals surface area contributed by atoms with Gasteiger partial charge in [-0.05, 0) is 57.0 Å². The second kappa shape index (κ2) is 8.54. The van der Waals surface area contributed by atoms with Crippen molar-refractivity contribution in [2.24, 2.45) is 0 Å². The zero-order valence-corrected chi connectivity index (χ0v) is 15.9. The Balaban J connectivity index is 1.49. The molecule has 2 saturated heterocycles. The Morgan fingerprint density at radius 1 is 1.12 bits per heavy atom. The van der Waals surface area contributed by atoms with Crippen LogP contribution in [0.1, 0.15) is 41.6 Å². The van der Waals surface area contributed by atoms with Gasteiger partial charge in [-0.3, -0.25) is 4.79 Å². The average Bonchev–Trinajstić information content (AvgIpc) is 3.12. The van der Waals surface area contributed by atoms with Gasteiger partial charge in [0.05, 0.1) is 0 Å². The van der Waals surface area contributed by atoms with Crippen LogP contribution in [0.5, 0.6) is 0 Å². The number of amides is 3. The lowest BCUT2D eigenvalue weighted by molar-refractivity contribution is 0.0724. The molecule has 2 aliphatic rings. The van der Waals surface area contributed by atoms with Crippen molar-refractivity contribution in [1.82, 2.24) is 20.0 Å². The summed E-state index contributed by atoms with van der Waals surface area (Å²) < 4.78 is 0. The number of urea groups is 1. The van der Waals surface area contributed by atoms with E-state index in [4.69, 9.17) is 0 Å². The van der Waals surface area contributed by atoms with Gasteiger partial charge in [0.15, 0.2) is 0 Å². The summed E-state index contributed by atoms with van der Waals surface area (Å²) in [6.45, 7) is 4.16. The Morgan fingerprint density at radius 3 is 2.42 bits per heavy atom. The number of nitrogens with zero attached hydrogens (tertiary/aromatic N) is 3. The number of rotatable bonds is 4. The second-order valence-electron chi connectivity index (χ2n) is 7.52. The Kier molecular flexibility index (Phi) is 6.14. The molecular formula is C20H30N4O2. The molecular weight excluding hydrogens is 328 g/mol. The van der Waals surface area contributed by atoms with E-state index in [1.54, 1.807) is 4.90 Å². The van der Waals surface area contributed by atoms with Crippen molar-refractivity contribution >= 4 is 11.9 Å². The van der Waals surface area contributed by atoms with Crippen molar-refractivity contribution in [2.75, 3.05) is 40.3 Å². The highest BCUT2D eigenvalue weighted by Crippen LogP contribution is 2.15. The lowest BCUT2D eigenvalue weighted by atomic mass is 10.1. The van der Waals surface area contributed by atoms with Crippen LogP contribution in [0.2, 0.25) is 0 Å². The fourth-order valence-electron chi connectivity index (χ4n) is 3.74. The van der Waals surface area contributed by atoms with Crippen LogP contribution in [-0.2, 0) is 6.54 Å². The van der Waals surface area contributed by atoms with Gasteiger partial charge in [0, 0.05) is 44.8 Å². The van der Waals surface area contributed by atoms with Gasteiger partial charge in [-0.1, -0.05) is 12.1 Å². The molecule has 2 fully saturated rings. The molecule has 0 radical (unpaired) electrons. The summed E-state index contributed by atoms with van der Waals surface area (Å²) in [6, 6.07) is 7.84. The number of nitrogens with one attached hydrogen (secondary N) is 1. The third kappa shape index (κ3) is 4.55. The third-order valence-electron chi connectivity index (χ3n) is 5.52. The Hall–Kier alpha value is -2.08. The Labute approximate surface area is 156 Å². The van der Waals surface area contributed by atoms with Gasteiger partial charge in [0.25, 0.3) is 5.91 Å². The lowest BCUT2D eigenvalue weighted by Crippen LogP contribution is -2.44. The van der Waals surface area contributed by atoms with E-state index < -0.39 is 0 Å². The molecule has 142 valence electrons. The largest absolute Gasteiger partial charge is 0.339 e. The summed E-state index contributed by atoms with van der Waals surface area (Å²) in [6.07, 6.45) is 4.43. The molecule has 0 saturated carbocycles. The maximum absolute atomic E-state index is 12.5. The SMILES string of the molecule is CN1CCC(N(C)C(=O)NCc2ccc(C(=O)N3CCCCC3)cc2)C1. The van der Waals surface area contributed by atoms with Crippen molar-refractivity contribution in [3.8, 4) is 0 Å². The zero-order valence-electron chi connectivity index (χ0n) is 15.9. The van der Waals surface area contributed by atoms with Gasteiger partial charge in [-0.15, -0.1) is 0 Å². The molecule has 0 spiro atoms. The molecule has 6 nitrogen and oxygen atoms in total. The Morgan fingerprint density at radius 2 is 1.81 bits per heavy atom. The van der Waals surface area contributed by atoms with Crippen LogP contribution < -0.4 is 5.32 Å². The highest BCUT2D eigenvalue weighted by molar-refractivity contribution is 5.94. The molecule has 1 atom stereocenters.